The number of carbonyl (C=O) groups excluding carboxylic acids is 4. The Morgan fingerprint density at radius 1 is 0.812 bits per heavy atom. The molecule has 2 aliphatic rings. The van der Waals surface area contributed by atoms with Gasteiger partial charge in [-0.25, -0.2) is 14.5 Å². The van der Waals surface area contributed by atoms with Gasteiger partial charge in [-0.05, 0) is 84.8 Å². The first-order valence-corrected chi connectivity index (χ1v) is 18.3. The zero-order valence-electron chi connectivity index (χ0n) is 29.9. The van der Waals surface area contributed by atoms with E-state index in [0.717, 1.165) is 69.2 Å². The highest BCUT2D eigenvalue weighted by molar-refractivity contribution is 7.99. The van der Waals surface area contributed by atoms with Crippen molar-refractivity contribution in [2.45, 2.75) is 115 Å². The minimum atomic E-state index is -2.51. The van der Waals surface area contributed by atoms with E-state index in [4.69, 9.17) is 14.2 Å². The number of aliphatic hydroxyl groups is 1. The maximum atomic E-state index is 15.0. The minimum absolute atomic E-state index is 0.367. The standard InChI is InChI=1S/C35H56N4O8S/c1-8-16-36(17-9-2)20-22-38(23-21-37(18-10-3)19-11-4)33(43)39(26(5)6)35-32(48-28-14-12-27(7)13-15-28)45-29(40)24-34(44,31(42)47-35)25-30(41)46-35/h12-15,26,32,44H,8-11,16-25H2,1-7H3. The van der Waals surface area contributed by atoms with E-state index in [1.54, 1.807) is 30.9 Å². The summed E-state index contributed by atoms with van der Waals surface area (Å²) in [7, 11) is 0. The van der Waals surface area contributed by atoms with E-state index in [1.165, 1.54) is 4.90 Å². The molecule has 12 nitrogen and oxygen atoms in total. The Labute approximate surface area is 290 Å². The summed E-state index contributed by atoms with van der Waals surface area (Å²) in [6.45, 7) is 19.3. The maximum absolute atomic E-state index is 15.0. The van der Waals surface area contributed by atoms with Crippen LogP contribution in [0.25, 0.3) is 0 Å². The van der Waals surface area contributed by atoms with Crippen molar-refractivity contribution >= 4 is 35.7 Å². The highest BCUT2D eigenvalue weighted by Gasteiger charge is 2.65. The van der Waals surface area contributed by atoms with Gasteiger partial charge < -0.3 is 34.0 Å². The molecule has 0 radical (unpaired) electrons. The zero-order chi connectivity index (χ0) is 35.5. The van der Waals surface area contributed by atoms with Crippen LogP contribution in [0.4, 0.5) is 4.79 Å². The van der Waals surface area contributed by atoms with E-state index in [2.05, 4.69) is 37.5 Å². The molecule has 3 rings (SSSR count). The minimum Gasteiger partial charge on any atom is -0.440 e. The van der Waals surface area contributed by atoms with Crippen molar-refractivity contribution in [1.82, 2.24) is 19.6 Å². The largest absolute Gasteiger partial charge is 0.440 e. The number of aryl methyl sites for hydroxylation is 1. The van der Waals surface area contributed by atoms with Crippen LogP contribution < -0.4 is 0 Å². The molecule has 1 aromatic rings. The Morgan fingerprint density at radius 2 is 1.31 bits per heavy atom. The van der Waals surface area contributed by atoms with Crippen molar-refractivity contribution < 1.29 is 38.5 Å². The van der Waals surface area contributed by atoms with Crippen molar-refractivity contribution in [3.63, 3.8) is 0 Å². The van der Waals surface area contributed by atoms with Crippen molar-refractivity contribution in [2.75, 3.05) is 52.4 Å². The Kier molecular flexibility index (Phi) is 15.0. The number of ether oxygens (including phenoxy) is 3. The number of esters is 3. The number of thioether (sulfide) groups is 1. The third kappa shape index (κ3) is 10.1. The first kappa shape index (κ1) is 39.6. The number of urea groups is 1. The Balaban J connectivity index is 2.14. The van der Waals surface area contributed by atoms with Crippen LogP contribution in [0.5, 0.6) is 0 Å². The summed E-state index contributed by atoms with van der Waals surface area (Å²) in [4.78, 5) is 63.5. The predicted octanol–water partition coefficient (Wildman–Crippen LogP) is 4.61. The van der Waals surface area contributed by atoms with Crippen LogP contribution in [-0.2, 0) is 28.6 Å². The fourth-order valence-corrected chi connectivity index (χ4v) is 7.20. The van der Waals surface area contributed by atoms with Crippen LogP contribution in [0, 0.1) is 6.92 Å². The predicted molar refractivity (Wildman–Crippen MR) is 184 cm³/mol. The number of benzene rings is 1. The van der Waals surface area contributed by atoms with E-state index in [1.807, 2.05) is 19.1 Å². The van der Waals surface area contributed by atoms with Gasteiger partial charge in [0.15, 0.2) is 5.60 Å². The van der Waals surface area contributed by atoms with Gasteiger partial charge in [-0.3, -0.25) is 9.59 Å². The number of hydrogen-bond donors (Lipinski definition) is 1. The number of rotatable bonds is 18. The van der Waals surface area contributed by atoms with Crippen molar-refractivity contribution in [1.29, 1.82) is 0 Å². The molecule has 3 atom stereocenters. The number of amides is 2. The molecule has 2 heterocycles. The molecular formula is C35H56N4O8S. The molecular weight excluding hydrogens is 636 g/mol. The lowest BCUT2D eigenvalue weighted by atomic mass is 9.96. The molecule has 1 N–H and O–H groups in total. The summed E-state index contributed by atoms with van der Waals surface area (Å²) in [5.74, 6) is -5.64. The molecule has 48 heavy (non-hydrogen) atoms. The van der Waals surface area contributed by atoms with Crippen molar-refractivity contribution in [2.24, 2.45) is 0 Å². The first-order chi connectivity index (χ1) is 22.8. The number of cyclic esters (lactones) is 1. The van der Waals surface area contributed by atoms with Crippen LogP contribution in [0.3, 0.4) is 0 Å². The van der Waals surface area contributed by atoms with Crippen molar-refractivity contribution in [3.05, 3.63) is 29.8 Å². The van der Waals surface area contributed by atoms with Crippen LogP contribution in [0.1, 0.15) is 85.6 Å². The molecule has 270 valence electrons. The Bertz CT molecular complexity index is 1200. The van der Waals surface area contributed by atoms with E-state index < -0.39 is 59.8 Å². The van der Waals surface area contributed by atoms with E-state index in [9.17, 15) is 24.3 Å². The molecule has 2 saturated heterocycles. The molecule has 0 spiro atoms. The summed E-state index contributed by atoms with van der Waals surface area (Å²) in [5.41, 5.74) is -3.00. The lowest BCUT2D eigenvalue weighted by Gasteiger charge is -2.47. The fraction of sp³-hybridized carbons (Fsp3) is 0.714. The van der Waals surface area contributed by atoms with Gasteiger partial charge in [0, 0.05) is 37.1 Å². The van der Waals surface area contributed by atoms with E-state index in [-0.39, 0.29) is 0 Å². The lowest BCUT2D eigenvalue weighted by molar-refractivity contribution is -0.305. The summed E-state index contributed by atoms with van der Waals surface area (Å²) < 4.78 is 17.8. The quantitative estimate of drug-likeness (QED) is 0.217. The zero-order valence-corrected chi connectivity index (χ0v) is 30.7. The van der Waals surface area contributed by atoms with E-state index in [0.29, 0.717) is 31.1 Å². The summed E-state index contributed by atoms with van der Waals surface area (Å²) >= 11 is 0.998. The third-order valence-corrected chi connectivity index (χ3v) is 9.57. The topological polar surface area (TPSA) is 129 Å². The van der Waals surface area contributed by atoms with Crippen LogP contribution in [0.15, 0.2) is 29.2 Å². The highest BCUT2D eigenvalue weighted by Crippen LogP contribution is 2.44. The van der Waals surface area contributed by atoms with Gasteiger partial charge in [0.2, 0.25) is 0 Å². The van der Waals surface area contributed by atoms with E-state index >= 15 is 0 Å². The van der Waals surface area contributed by atoms with Gasteiger partial charge in [-0.1, -0.05) is 57.2 Å². The monoisotopic (exact) mass is 692 g/mol. The smallest absolute Gasteiger partial charge is 0.396 e. The number of nitrogens with zero attached hydrogens (tertiary/aromatic N) is 4. The van der Waals surface area contributed by atoms with Crippen LogP contribution in [-0.4, -0.2) is 124 Å². The average Bonchev–Trinajstić information content (AvgIpc) is 3.07. The second-order valence-electron chi connectivity index (χ2n) is 13.0. The summed E-state index contributed by atoms with van der Waals surface area (Å²) in [6, 6.07) is 6.10. The van der Waals surface area contributed by atoms with Gasteiger partial charge in [-0.15, -0.1) is 0 Å². The van der Waals surface area contributed by atoms with Crippen LogP contribution in [0.2, 0.25) is 0 Å². The van der Waals surface area contributed by atoms with Gasteiger partial charge in [-0.2, -0.15) is 0 Å². The molecule has 0 aromatic heterocycles. The van der Waals surface area contributed by atoms with Gasteiger partial charge in [0.1, 0.15) is 0 Å². The SMILES string of the molecule is CCCN(CCC)CCN(CCN(CCC)CCC)C(=O)N(C(C)C)C12OC(=O)CC(O)(CC(=O)OC1Sc1ccc(C)cc1)C(=O)O2. The highest BCUT2D eigenvalue weighted by atomic mass is 32.2. The van der Waals surface area contributed by atoms with Gasteiger partial charge in [0.25, 0.3) is 5.44 Å². The molecule has 0 aliphatic carbocycles. The number of fused-ring (bicyclic) bond motifs is 3. The molecule has 0 saturated carbocycles. The number of hydrogen-bond acceptors (Lipinski definition) is 11. The molecule has 3 unspecified atom stereocenters. The molecule has 2 amide bonds. The first-order valence-electron chi connectivity index (χ1n) is 17.5. The summed E-state index contributed by atoms with van der Waals surface area (Å²) in [6.07, 6.45) is 2.25. The average molecular weight is 693 g/mol. The second-order valence-corrected chi connectivity index (χ2v) is 14.2. The normalized spacial score (nSPS) is 22.6. The van der Waals surface area contributed by atoms with Crippen LogP contribution >= 0.6 is 11.8 Å². The molecule has 1 aromatic carbocycles. The number of carbonyl (C=O) groups is 4. The molecule has 2 aliphatic heterocycles. The molecule has 13 heteroatoms. The Morgan fingerprint density at radius 3 is 1.79 bits per heavy atom. The van der Waals surface area contributed by atoms with Crippen molar-refractivity contribution in [3.8, 4) is 0 Å². The van der Waals surface area contributed by atoms with Gasteiger partial charge in [0.05, 0.1) is 12.8 Å². The fourth-order valence-electron chi connectivity index (χ4n) is 6.14. The second kappa shape index (κ2) is 18.2. The molecule has 2 bridgehead atoms. The maximum Gasteiger partial charge on any atom is 0.396 e. The third-order valence-electron chi connectivity index (χ3n) is 8.41. The van der Waals surface area contributed by atoms with Gasteiger partial charge >= 0.3 is 29.9 Å². The Hall–Kier alpha value is -2.87. The molecule has 2 fully saturated rings. The lowest BCUT2D eigenvalue weighted by Crippen LogP contribution is -2.68. The summed E-state index contributed by atoms with van der Waals surface area (Å²) in [5, 5.41) is 11.2.